The van der Waals surface area contributed by atoms with Crippen LogP contribution in [-0.2, 0) is 11.3 Å². The first kappa shape index (κ1) is 15.3. The Labute approximate surface area is 113 Å². The van der Waals surface area contributed by atoms with Crippen LogP contribution >= 0.6 is 0 Å². The van der Waals surface area contributed by atoms with Crippen LogP contribution in [0.3, 0.4) is 0 Å². The SMILES string of the molecule is CCCCNC(=O)Cn1cccc(OCCC)c1=O. The van der Waals surface area contributed by atoms with Crippen LogP contribution in [0.25, 0.3) is 0 Å². The number of ether oxygens (including phenoxy) is 1. The first-order chi connectivity index (χ1) is 9.19. The lowest BCUT2D eigenvalue weighted by Gasteiger charge is -2.09. The number of rotatable bonds is 8. The normalized spacial score (nSPS) is 10.2. The van der Waals surface area contributed by atoms with E-state index in [0.29, 0.717) is 18.9 Å². The molecule has 0 atom stereocenters. The van der Waals surface area contributed by atoms with E-state index in [1.54, 1.807) is 18.3 Å². The lowest BCUT2D eigenvalue weighted by Crippen LogP contribution is -2.32. The van der Waals surface area contributed by atoms with Crippen molar-refractivity contribution in [3.05, 3.63) is 28.7 Å². The standard InChI is InChI=1S/C14H22N2O3/c1-3-5-8-15-13(17)11-16-9-6-7-12(14(16)18)19-10-4-2/h6-7,9H,3-5,8,10-11H2,1-2H3,(H,15,17). The maximum Gasteiger partial charge on any atom is 0.293 e. The van der Waals surface area contributed by atoms with Gasteiger partial charge in [-0.1, -0.05) is 20.3 Å². The number of unbranched alkanes of at least 4 members (excludes halogenated alkanes) is 1. The van der Waals surface area contributed by atoms with Crippen LogP contribution in [0.15, 0.2) is 23.1 Å². The van der Waals surface area contributed by atoms with Crippen molar-refractivity contribution in [2.45, 2.75) is 39.7 Å². The second-order valence-electron chi connectivity index (χ2n) is 4.36. The minimum atomic E-state index is -0.262. The van der Waals surface area contributed by atoms with Crippen LogP contribution in [0.1, 0.15) is 33.1 Å². The van der Waals surface area contributed by atoms with Crippen molar-refractivity contribution in [1.82, 2.24) is 9.88 Å². The Balaban J connectivity index is 2.63. The van der Waals surface area contributed by atoms with Crippen molar-refractivity contribution >= 4 is 5.91 Å². The Morgan fingerprint density at radius 2 is 2.16 bits per heavy atom. The molecule has 106 valence electrons. The molecule has 0 radical (unpaired) electrons. The summed E-state index contributed by atoms with van der Waals surface area (Å²) in [6, 6.07) is 3.34. The van der Waals surface area contributed by atoms with E-state index in [1.165, 1.54) is 4.57 Å². The molecule has 0 aromatic carbocycles. The zero-order valence-corrected chi connectivity index (χ0v) is 11.6. The van der Waals surface area contributed by atoms with Gasteiger partial charge < -0.3 is 14.6 Å². The van der Waals surface area contributed by atoms with E-state index in [0.717, 1.165) is 19.3 Å². The summed E-state index contributed by atoms with van der Waals surface area (Å²) in [6.07, 6.45) is 4.41. The van der Waals surface area contributed by atoms with E-state index in [9.17, 15) is 9.59 Å². The summed E-state index contributed by atoms with van der Waals surface area (Å²) in [5.74, 6) is 0.147. The van der Waals surface area contributed by atoms with Crippen molar-refractivity contribution in [1.29, 1.82) is 0 Å². The number of aromatic nitrogens is 1. The minimum absolute atomic E-state index is 0.0336. The summed E-state index contributed by atoms with van der Waals surface area (Å²) >= 11 is 0. The third kappa shape index (κ3) is 5.16. The number of hydrogen-bond donors (Lipinski definition) is 1. The van der Waals surface area contributed by atoms with Gasteiger partial charge in [0.25, 0.3) is 5.56 Å². The molecular weight excluding hydrogens is 244 g/mol. The Hall–Kier alpha value is -1.78. The fourth-order valence-corrected chi connectivity index (χ4v) is 1.58. The summed E-state index contributed by atoms with van der Waals surface area (Å²) in [4.78, 5) is 23.7. The van der Waals surface area contributed by atoms with Gasteiger partial charge >= 0.3 is 0 Å². The van der Waals surface area contributed by atoms with E-state index >= 15 is 0 Å². The summed E-state index contributed by atoms with van der Waals surface area (Å²) in [5.41, 5.74) is -0.262. The second kappa shape index (κ2) is 8.34. The van der Waals surface area contributed by atoms with Gasteiger partial charge in [0.05, 0.1) is 6.61 Å². The van der Waals surface area contributed by atoms with Crippen LogP contribution in [0, 0.1) is 0 Å². The van der Waals surface area contributed by atoms with Crippen molar-refractivity contribution in [2.24, 2.45) is 0 Å². The monoisotopic (exact) mass is 266 g/mol. The van der Waals surface area contributed by atoms with E-state index in [4.69, 9.17) is 4.74 Å². The van der Waals surface area contributed by atoms with Gasteiger partial charge in [0, 0.05) is 12.7 Å². The van der Waals surface area contributed by atoms with Crippen molar-refractivity contribution in [3.63, 3.8) is 0 Å². The van der Waals surface area contributed by atoms with Crippen molar-refractivity contribution < 1.29 is 9.53 Å². The number of amides is 1. The van der Waals surface area contributed by atoms with E-state index in [2.05, 4.69) is 12.2 Å². The molecule has 1 aromatic rings. The molecule has 0 aliphatic rings. The molecule has 1 heterocycles. The summed E-state index contributed by atoms with van der Waals surface area (Å²) in [7, 11) is 0. The van der Waals surface area contributed by atoms with E-state index < -0.39 is 0 Å². The topological polar surface area (TPSA) is 60.3 Å². The largest absolute Gasteiger partial charge is 0.488 e. The number of carbonyl (C=O) groups excluding carboxylic acids is 1. The van der Waals surface area contributed by atoms with Gasteiger partial charge in [-0.25, -0.2) is 0 Å². The molecule has 0 aliphatic heterocycles. The number of nitrogens with zero attached hydrogens (tertiary/aromatic N) is 1. The number of carbonyl (C=O) groups is 1. The number of pyridine rings is 1. The first-order valence-electron chi connectivity index (χ1n) is 6.78. The maximum atomic E-state index is 12.0. The van der Waals surface area contributed by atoms with Gasteiger partial charge in [-0.15, -0.1) is 0 Å². The molecule has 0 bridgehead atoms. The Morgan fingerprint density at radius 3 is 2.84 bits per heavy atom. The van der Waals surface area contributed by atoms with Gasteiger partial charge in [0.15, 0.2) is 5.75 Å². The van der Waals surface area contributed by atoms with Crippen LogP contribution in [0.4, 0.5) is 0 Å². The zero-order valence-electron chi connectivity index (χ0n) is 11.6. The fourth-order valence-electron chi connectivity index (χ4n) is 1.58. The molecule has 1 amide bonds. The summed E-state index contributed by atoms with van der Waals surface area (Å²) in [6.45, 7) is 5.22. The van der Waals surface area contributed by atoms with Gasteiger partial charge in [0.2, 0.25) is 5.91 Å². The summed E-state index contributed by atoms with van der Waals surface area (Å²) in [5, 5.41) is 2.78. The molecule has 19 heavy (non-hydrogen) atoms. The van der Waals surface area contributed by atoms with Crippen LogP contribution in [0.2, 0.25) is 0 Å². The van der Waals surface area contributed by atoms with Crippen LogP contribution < -0.4 is 15.6 Å². The highest BCUT2D eigenvalue weighted by molar-refractivity contribution is 5.75. The first-order valence-corrected chi connectivity index (χ1v) is 6.78. The van der Waals surface area contributed by atoms with E-state index in [-0.39, 0.29) is 18.0 Å². The molecule has 0 fully saturated rings. The molecule has 0 unspecified atom stereocenters. The van der Waals surface area contributed by atoms with Gasteiger partial charge in [0.1, 0.15) is 6.54 Å². The number of nitrogens with one attached hydrogen (secondary N) is 1. The van der Waals surface area contributed by atoms with Gasteiger partial charge in [-0.05, 0) is 25.0 Å². The van der Waals surface area contributed by atoms with Gasteiger partial charge in [-0.3, -0.25) is 9.59 Å². The molecule has 5 heteroatoms. The predicted molar refractivity (Wildman–Crippen MR) is 74.4 cm³/mol. The molecular formula is C14H22N2O3. The van der Waals surface area contributed by atoms with Crippen molar-refractivity contribution in [2.75, 3.05) is 13.2 Å². The van der Waals surface area contributed by atoms with Crippen molar-refractivity contribution in [3.8, 4) is 5.75 Å². The molecule has 1 rings (SSSR count). The molecule has 0 saturated heterocycles. The summed E-state index contributed by atoms with van der Waals surface area (Å²) < 4.78 is 6.71. The smallest absolute Gasteiger partial charge is 0.293 e. The average molecular weight is 266 g/mol. The average Bonchev–Trinajstić information content (AvgIpc) is 2.40. The number of hydrogen-bond acceptors (Lipinski definition) is 3. The molecule has 0 saturated carbocycles. The second-order valence-corrected chi connectivity index (χ2v) is 4.36. The minimum Gasteiger partial charge on any atom is -0.488 e. The lowest BCUT2D eigenvalue weighted by atomic mass is 10.3. The highest BCUT2D eigenvalue weighted by Gasteiger charge is 2.07. The Morgan fingerprint density at radius 1 is 1.37 bits per heavy atom. The molecule has 5 nitrogen and oxygen atoms in total. The molecule has 0 spiro atoms. The van der Waals surface area contributed by atoms with Crippen LogP contribution in [0.5, 0.6) is 5.75 Å². The Bertz CT molecular complexity index is 454. The molecule has 1 N–H and O–H groups in total. The third-order valence-electron chi connectivity index (χ3n) is 2.61. The highest BCUT2D eigenvalue weighted by Crippen LogP contribution is 2.02. The van der Waals surface area contributed by atoms with Gasteiger partial charge in [-0.2, -0.15) is 0 Å². The fraction of sp³-hybridized carbons (Fsp3) is 0.571. The molecule has 0 aliphatic carbocycles. The zero-order chi connectivity index (χ0) is 14.1. The third-order valence-corrected chi connectivity index (χ3v) is 2.61. The maximum absolute atomic E-state index is 12.0. The quantitative estimate of drug-likeness (QED) is 0.726. The molecule has 1 aromatic heterocycles. The highest BCUT2D eigenvalue weighted by atomic mass is 16.5. The lowest BCUT2D eigenvalue weighted by molar-refractivity contribution is -0.121. The predicted octanol–water partition coefficient (Wildman–Crippen LogP) is 1.55. The Kier molecular flexibility index (Phi) is 6.71. The van der Waals surface area contributed by atoms with E-state index in [1.807, 2.05) is 6.92 Å². The van der Waals surface area contributed by atoms with Crippen LogP contribution in [-0.4, -0.2) is 23.6 Å².